The Morgan fingerprint density at radius 2 is 2.50 bits per heavy atom. The van der Waals surface area contributed by atoms with Gasteiger partial charge in [0.2, 0.25) is 5.89 Å². The zero-order chi connectivity index (χ0) is 8.97. The van der Waals surface area contributed by atoms with Crippen molar-refractivity contribution in [2.24, 2.45) is 0 Å². The topological polar surface area (TPSA) is 77.2 Å². The summed E-state index contributed by atoms with van der Waals surface area (Å²) in [4.78, 5) is 14.6. The fraction of sp³-hybridized carbons (Fsp3) is 0.500. The molecule has 6 heteroatoms. The minimum Gasteiger partial charge on any atom is -0.463 e. The van der Waals surface area contributed by atoms with Gasteiger partial charge in [-0.25, -0.2) is 4.79 Å². The second-order valence-corrected chi connectivity index (χ2v) is 2.03. The van der Waals surface area contributed by atoms with Gasteiger partial charge in [0, 0.05) is 0 Å². The highest BCUT2D eigenvalue weighted by molar-refractivity contribution is 5.84. The summed E-state index contributed by atoms with van der Waals surface area (Å²) >= 11 is 0. The lowest BCUT2D eigenvalue weighted by Gasteiger charge is -1.88. The van der Waals surface area contributed by atoms with Crippen LogP contribution in [0.1, 0.15) is 16.5 Å². The van der Waals surface area contributed by atoms with E-state index in [9.17, 15) is 4.79 Å². The standard InChI is InChI=1S/C6H9N3O3/c1-7-3-4-8-5(9-12-4)6(10)11-2/h7H,3H2,1-2H3. The number of carbonyl (C=O) groups excluding carboxylic acids is 1. The van der Waals surface area contributed by atoms with Gasteiger partial charge in [0.15, 0.2) is 0 Å². The van der Waals surface area contributed by atoms with Crippen molar-refractivity contribution in [3.8, 4) is 0 Å². The fourth-order valence-corrected chi connectivity index (χ4v) is 0.652. The molecule has 1 heterocycles. The largest absolute Gasteiger partial charge is 0.463 e. The summed E-state index contributed by atoms with van der Waals surface area (Å²) in [7, 11) is 3.00. The van der Waals surface area contributed by atoms with Crippen molar-refractivity contribution >= 4 is 5.97 Å². The highest BCUT2D eigenvalue weighted by Crippen LogP contribution is 1.97. The van der Waals surface area contributed by atoms with Crippen LogP contribution in [0.25, 0.3) is 0 Å². The Kier molecular flexibility index (Phi) is 2.76. The SMILES string of the molecule is CNCc1nc(C(=O)OC)no1. The van der Waals surface area contributed by atoms with E-state index in [0.717, 1.165) is 0 Å². The maximum Gasteiger partial charge on any atom is 0.379 e. The van der Waals surface area contributed by atoms with Crippen LogP contribution in [-0.4, -0.2) is 30.3 Å². The fourth-order valence-electron chi connectivity index (χ4n) is 0.652. The molecular weight excluding hydrogens is 162 g/mol. The molecule has 0 saturated heterocycles. The molecule has 0 aliphatic carbocycles. The van der Waals surface area contributed by atoms with Crippen LogP contribution >= 0.6 is 0 Å². The lowest BCUT2D eigenvalue weighted by Crippen LogP contribution is -2.07. The van der Waals surface area contributed by atoms with E-state index in [1.807, 2.05) is 0 Å². The van der Waals surface area contributed by atoms with Gasteiger partial charge in [0.1, 0.15) is 0 Å². The summed E-state index contributed by atoms with van der Waals surface area (Å²) in [6.45, 7) is 0.435. The molecule has 0 aliphatic heterocycles. The third-order valence-corrected chi connectivity index (χ3v) is 1.16. The number of esters is 1. The molecule has 0 unspecified atom stereocenters. The monoisotopic (exact) mass is 171 g/mol. The third-order valence-electron chi connectivity index (χ3n) is 1.16. The van der Waals surface area contributed by atoms with Gasteiger partial charge in [-0.1, -0.05) is 0 Å². The van der Waals surface area contributed by atoms with Crippen molar-refractivity contribution in [1.29, 1.82) is 0 Å². The van der Waals surface area contributed by atoms with Crippen molar-refractivity contribution in [3.05, 3.63) is 11.7 Å². The Labute approximate surface area is 68.9 Å². The number of nitrogens with one attached hydrogen (secondary N) is 1. The van der Waals surface area contributed by atoms with Crippen LogP contribution in [0.3, 0.4) is 0 Å². The van der Waals surface area contributed by atoms with E-state index in [1.165, 1.54) is 7.11 Å². The van der Waals surface area contributed by atoms with Crippen LogP contribution in [0, 0.1) is 0 Å². The molecule has 0 amide bonds. The molecule has 0 aromatic carbocycles. The smallest absolute Gasteiger partial charge is 0.379 e. The molecule has 0 spiro atoms. The van der Waals surface area contributed by atoms with Crippen LogP contribution in [0.5, 0.6) is 0 Å². The lowest BCUT2D eigenvalue weighted by molar-refractivity contribution is 0.0583. The molecule has 0 radical (unpaired) electrons. The van der Waals surface area contributed by atoms with Gasteiger partial charge in [-0.15, -0.1) is 0 Å². The average molecular weight is 171 g/mol. The predicted octanol–water partition coefficient (Wildman–Crippen LogP) is -0.424. The number of methoxy groups -OCH3 is 1. The van der Waals surface area contributed by atoms with E-state index in [1.54, 1.807) is 7.05 Å². The molecule has 6 nitrogen and oxygen atoms in total. The minimum absolute atomic E-state index is 0.0530. The quantitative estimate of drug-likeness (QED) is 0.622. The van der Waals surface area contributed by atoms with Crippen molar-refractivity contribution in [2.45, 2.75) is 6.54 Å². The number of hydrogen-bond acceptors (Lipinski definition) is 6. The predicted molar refractivity (Wildman–Crippen MR) is 38.4 cm³/mol. The van der Waals surface area contributed by atoms with E-state index < -0.39 is 5.97 Å². The first-order valence-electron chi connectivity index (χ1n) is 3.33. The van der Waals surface area contributed by atoms with Gasteiger partial charge in [-0.2, -0.15) is 4.98 Å². The van der Waals surface area contributed by atoms with E-state index >= 15 is 0 Å². The number of aromatic nitrogens is 2. The van der Waals surface area contributed by atoms with Crippen molar-refractivity contribution in [3.63, 3.8) is 0 Å². The minimum atomic E-state index is -0.596. The molecule has 66 valence electrons. The number of ether oxygens (including phenoxy) is 1. The Morgan fingerprint density at radius 1 is 1.75 bits per heavy atom. The average Bonchev–Trinajstić information content (AvgIpc) is 2.52. The molecular formula is C6H9N3O3. The summed E-state index contributed by atoms with van der Waals surface area (Å²) in [5.41, 5.74) is 0. The van der Waals surface area contributed by atoms with Crippen LogP contribution in [0.4, 0.5) is 0 Å². The molecule has 1 aromatic rings. The Hall–Kier alpha value is -1.43. The summed E-state index contributed by atoms with van der Waals surface area (Å²) in [5, 5.41) is 6.21. The molecule has 0 saturated carbocycles. The first-order chi connectivity index (χ1) is 5.77. The number of nitrogens with zero attached hydrogens (tertiary/aromatic N) is 2. The number of hydrogen-bond donors (Lipinski definition) is 1. The summed E-state index contributed by atoms with van der Waals surface area (Å²) < 4.78 is 9.09. The maximum absolute atomic E-state index is 10.8. The Bertz CT molecular complexity index is 271. The zero-order valence-electron chi connectivity index (χ0n) is 6.83. The summed E-state index contributed by atoms with van der Waals surface area (Å²) in [6.07, 6.45) is 0. The van der Waals surface area contributed by atoms with Gasteiger partial charge in [0.05, 0.1) is 13.7 Å². The molecule has 1 N–H and O–H groups in total. The molecule has 0 atom stereocenters. The highest BCUT2D eigenvalue weighted by Gasteiger charge is 2.13. The van der Waals surface area contributed by atoms with Crippen LogP contribution < -0.4 is 5.32 Å². The summed E-state index contributed by atoms with van der Waals surface area (Å²) in [6, 6.07) is 0. The summed E-state index contributed by atoms with van der Waals surface area (Å²) in [5.74, 6) is -0.290. The normalized spacial score (nSPS) is 9.83. The molecule has 0 bridgehead atoms. The van der Waals surface area contributed by atoms with Crippen molar-refractivity contribution < 1.29 is 14.1 Å². The maximum atomic E-state index is 10.8. The van der Waals surface area contributed by atoms with E-state index in [0.29, 0.717) is 12.4 Å². The van der Waals surface area contributed by atoms with Gasteiger partial charge in [0.25, 0.3) is 5.82 Å². The first-order valence-corrected chi connectivity index (χ1v) is 3.33. The Balaban J connectivity index is 2.70. The first kappa shape index (κ1) is 8.66. The van der Waals surface area contributed by atoms with Crippen molar-refractivity contribution in [1.82, 2.24) is 15.5 Å². The van der Waals surface area contributed by atoms with Gasteiger partial charge in [-0.3, -0.25) is 0 Å². The lowest BCUT2D eigenvalue weighted by atomic mass is 10.6. The van der Waals surface area contributed by atoms with Crippen LogP contribution in [0.15, 0.2) is 4.52 Å². The van der Waals surface area contributed by atoms with E-state index in [2.05, 4.69) is 20.2 Å². The van der Waals surface area contributed by atoms with E-state index in [-0.39, 0.29) is 5.82 Å². The Morgan fingerprint density at radius 3 is 3.08 bits per heavy atom. The molecule has 0 fully saturated rings. The van der Waals surface area contributed by atoms with E-state index in [4.69, 9.17) is 4.52 Å². The second kappa shape index (κ2) is 3.82. The van der Waals surface area contributed by atoms with Gasteiger partial charge < -0.3 is 14.6 Å². The van der Waals surface area contributed by atoms with Gasteiger partial charge >= 0.3 is 5.97 Å². The van der Waals surface area contributed by atoms with Crippen molar-refractivity contribution in [2.75, 3.05) is 14.2 Å². The second-order valence-electron chi connectivity index (χ2n) is 2.03. The zero-order valence-corrected chi connectivity index (χ0v) is 6.83. The van der Waals surface area contributed by atoms with Crippen LogP contribution in [0.2, 0.25) is 0 Å². The molecule has 1 rings (SSSR count). The number of carbonyl (C=O) groups is 1. The molecule has 0 aliphatic rings. The highest BCUT2D eigenvalue weighted by atomic mass is 16.5. The third kappa shape index (κ3) is 1.79. The molecule has 12 heavy (non-hydrogen) atoms. The van der Waals surface area contributed by atoms with Gasteiger partial charge in [-0.05, 0) is 12.2 Å². The number of rotatable bonds is 3. The van der Waals surface area contributed by atoms with Crippen LogP contribution in [-0.2, 0) is 11.3 Å². The molecule has 1 aromatic heterocycles.